The summed E-state index contributed by atoms with van der Waals surface area (Å²) in [6.07, 6.45) is 0. The number of rotatable bonds is 6. The number of benzene rings is 1. The van der Waals surface area contributed by atoms with Crippen LogP contribution in [-0.4, -0.2) is 37.0 Å². The molecule has 0 heterocycles. The van der Waals surface area contributed by atoms with Crippen LogP contribution in [-0.2, 0) is 11.3 Å². The first kappa shape index (κ1) is 15.6. The van der Waals surface area contributed by atoms with Gasteiger partial charge in [0.05, 0.1) is 13.2 Å². The molecule has 106 valence electrons. The maximum absolute atomic E-state index is 11.3. The van der Waals surface area contributed by atoms with Crippen molar-refractivity contribution in [3.05, 3.63) is 35.4 Å². The highest BCUT2D eigenvalue weighted by atomic mass is 16.5. The number of hydrogen-bond acceptors (Lipinski definition) is 4. The van der Waals surface area contributed by atoms with Crippen molar-refractivity contribution in [3.63, 3.8) is 0 Å². The highest BCUT2D eigenvalue weighted by molar-refractivity contribution is 5.93. The van der Waals surface area contributed by atoms with E-state index >= 15 is 0 Å². The minimum Gasteiger partial charge on any atom is -0.375 e. The molecule has 0 unspecified atom stereocenters. The van der Waals surface area contributed by atoms with Crippen LogP contribution in [0.5, 0.6) is 0 Å². The molecule has 1 amide bonds. The summed E-state index contributed by atoms with van der Waals surface area (Å²) in [5, 5.41) is 0. The number of likely N-dealkylation sites (N-methyl/N-ethyl adjacent to an activating group) is 1. The Balaban J connectivity index is 2.49. The fourth-order valence-corrected chi connectivity index (χ4v) is 1.38. The van der Waals surface area contributed by atoms with E-state index in [9.17, 15) is 4.79 Å². The van der Waals surface area contributed by atoms with Crippen LogP contribution in [0.3, 0.4) is 0 Å². The quantitative estimate of drug-likeness (QED) is 0.460. The van der Waals surface area contributed by atoms with Crippen LogP contribution in [0.4, 0.5) is 0 Å². The van der Waals surface area contributed by atoms with Gasteiger partial charge in [0.1, 0.15) is 0 Å². The first-order valence-electron chi connectivity index (χ1n) is 6.22. The number of amides is 1. The number of carbonyl (C=O) groups excluding carboxylic acids is 1. The van der Waals surface area contributed by atoms with Crippen molar-refractivity contribution in [2.75, 3.05) is 20.7 Å². The van der Waals surface area contributed by atoms with E-state index in [0.717, 1.165) is 5.56 Å². The van der Waals surface area contributed by atoms with Crippen molar-refractivity contribution < 1.29 is 9.53 Å². The highest BCUT2D eigenvalue weighted by Gasteiger charge is 2.20. The van der Waals surface area contributed by atoms with Gasteiger partial charge in [-0.15, -0.1) is 0 Å². The Labute approximate surface area is 114 Å². The van der Waals surface area contributed by atoms with Crippen molar-refractivity contribution in [2.24, 2.45) is 5.84 Å². The van der Waals surface area contributed by atoms with Crippen molar-refractivity contribution >= 4 is 5.91 Å². The lowest BCUT2D eigenvalue weighted by atomic mass is 10.1. The van der Waals surface area contributed by atoms with Gasteiger partial charge in [-0.3, -0.25) is 10.2 Å². The minimum absolute atomic E-state index is 0.000619. The van der Waals surface area contributed by atoms with Crippen LogP contribution in [0.1, 0.15) is 29.8 Å². The zero-order valence-electron chi connectivity index (χ0n) is 12.1. The first-order chi connectivity index (χ1) is 8.86. The van der Waals surface area contributed by atoms with Gasteiger partial charge in [0.15, 0.2) is 0 Å². The van der Waals surface area contributed by atoms with Gasteiger partial charge >= 0.3 is 0 Å². The van der Waals surface area contributed by atoms with Crippen LogP contribution < -0.4 is 11.3 Å². The molecule has 0 saturated carbocycles. The Hall–Kier alpha value is -1.43. The lowest BCUT2D eigenvalue weighted by molar-refractivity contribution is 0.0275. The molecule has 19 heavy (non-hydrogen) atoms. The number of nitrogens with one attached hydrogen (secondary N) is 1. The predicted molar refractivity (Wildman–Crippen MR) is 75.5 cm³/mol. The summed E-state index contributed by atoms with van der Waals surface area (Å²) in [6, 6.07) is 7.20. The summed E-state index contributed by atoms with van der Waals surface area (Å²) in [7, 11) is 4.06. The van der Waals surface area contributed by atoms with Gasteiger partial charge in [-0.2, -0.15) is 0 Å². The van der Waals surface area contributed by atoms with Crippen LogP contribution in [0, 0.1) is 0 Å². The van der Waals surface area contributed by atoms with E-state index < -0.39 is 0 Å². The SMILES string of the molecule is CN(C)C(C)(C)COCc1ccc(C(=O)NN)cc1. The maximum Gasteiger partial charge on any atom is 0.265 e. The van der Waals surface area contributed by atoms with E-state index in [1.807, 2.05) is 26.2 Å². The lowest BCUT2D eigenvalue weighted by Gasteiger charge is -2.32. The fourth-order valence-electron chi connectivity index (χ4n) is 1.38. The Morgan fingerprint density at radius 2 is 1.89 bits per heavy atom. The average Bonchev–Trinajstić information content (AvgIpc) is 2.38. The third kappa shape index (κ3) is 4.63. The van der Waals surface area contributed by atoms with E-state index in [0.29, 0.717) is 18.8 Å². The van der Waals surface area contributed by atoms with Crippen molar-refractivity contribution in [1.29, 1.82) is 0 Å². The molecule has 1 aromatic rings. The number of hydrazine groups is 1. The Bertz CT molecular complexity index is 413. The number of nitrogens with two attached hydrogens (primary N) is 1. The summed E-state index contributed by atoms with van der Waals surface area (Å²) in [6.45, 7) is 5.43. The number of nitrogens with zero attached hydrogens (tertiary/aromatic N) is 1. The maximum atomic E-state index is 11.3. The van der Waals surface area contributed by atoms with Gasteiger partial charge in [0, 0.05) is 11.1 Å². The Kier molecular flexibility index (Phi) is 5.47. The summed E-state index contributed by atoms with van der Waals surface area (Å²) in [5.41, 5.74) is 3.67. The van der Waals surface area contributed by atoms with E-state index in [-0.39, 0.29) is 11.4 Å². The second-order valence-corrected chi connectivity index (χ2v) is 5.37. The molecule has 0 spiro atoms. The van der Waals surface area contributed by atoms with Gasteiger partial charge in [0.25, 0.3) is 5.91 Å². The molecule has 0 aromatic heterocycles. The molecule has 3 N–H and O–H groups in total. The molecule has 0 aliphatic heterocycles. The highest BCUT2D eigenvalue weighted by Crippen LogP contribution is 2.12. The largest absolute Gasteiger partial charge is 0.375 e. The second-order valence-electron chi connectivity index (χ2n) is 5.37. The van der Waals surface area contributed by atoms with E-state index in [1.54, 1.807) is 12.1 Å². The third-order valence-corrected chi connectivity index (χ3v) is 3.28. The Morgan fingerprint density at radius 3 is 2.37 bits per heavy atom. The zero-order chi connectivity index (χ0) is 14.5. The molecule has 0 saturated heterocycles. The fraction of sp³-hybridized carbons (Fsp3) is 0.500. The van der Waals surface area contributed by atoms with Gasteiger partial charge in [0.2, 0.25) is 0 Å². The third-order valence-electron chi connectivity index (χ3n) is 3.28. The summed E-state index contributed by atoms with van der Waals surface area (Å²) in [5.74, 6) is 4.78. The summed E-state index contributed by atoms with van der Waals surface area (Å²) >= 11 is 0. The van der Waals surface area contributed by atoms with E-state index in [4.69, 9.17) is 10.6 Å². The van der Waals surface area contributed by atoms with Gasteiger partial charge in [-0.05, 0) is 45.6 Å². The molecule has 5 nitrogen and oxygen atoms in total. The van der Waals surface area contributed by atoms with Crippen LogP contribution >= 0.6 is 0 Å². The van der Waals surface area contributed by atoms with Crippen LogP contribution in [0.15, 0.2) is 24.3 Å². The molecule has 0 fully saturated rings. The van der Waals surface area contributed by atoms with Crippen LogP contribution in [0.2, 0.25) is 0 Å². The molecule has 1 aromatic carbocycles. The van der Waals surface area contributed by atoms with Crippen molar-refractivity contribution in [3.8, 4) is 0 Å². The van der Waals surface area contributed by atoms with Gasteiger partial charge < -0.3 is 9.64 Å². The van der Waals surface area contributed by atoms with Crippen molar-refractivity contribution in [1.82, 2.24) is 10.3 Å². The topological polar surface area (TPSA) is 67.6 Å². The molecule has 0 aliphatic carbocycles. The summed E-state index contributed by atoms with van der Waals surface area (Å²) in [4.78, 5) is 13.4. The first-order valence-corrected chi connectivity index (χ1v) is 6.22. The zero-order valence-corrected chi connectivity index (χ0v) is 12.1. The molecule has 5 heteroatoms. The van der Waals surface area contributed by atoms with Crippen LogP contribution in [0.25, 0.3) is 0 Å². The van der Waals surface area contributed by atoms with Crippen molar-refractivity contribution in [2.45, 2.75) is 26.0 Å². The molecule has 1 rings (SSSR count). The Morgan fingerprint density at radius 1 is 1.32 bits per heavy atom. The molecular formula is C14H23N3O2. The number of nitrogen functional groups attached to an aromatic ring is 1. The number of ether oxygens (including phenoxy) is 1. The molecule has 0 atom stereocenters. The number of carbonyl (C=O) groups is 1. The monoisotopic (exact) mass is 265 g/mol. The smallest absolute Gasteiger partial charge is 0.265 e. The number of hydrogen-bond donors (Lipinski definition) is 2. The molecule has 0 bridgehead atoms. The van der Waals surface area contributed by atoms with Gasteiger partial charge in [-0.1, -0.05) is 12.1 Å². The minimum atomic E-state index is -0.291. The molecule has 0 aliphatic rings. The predicted octanol–water partition coefficient (Wildman–Crippen LogP) is 1.15. The normalized spacial score (nSPS) is 11.7. The second kappa shape index (κ2) is 6.65. The lowest BCUT2D eigenvalue weighted by Crippen LogP contribution is -2.42. The van der Waals surface area contributed by atoms with E-state index in [1.165, 1.54) is 0 Å². The standard InChI is InChI=1S/C14H23N3O2/c1-14(2,17(3)4)10-19-9-11-5-7-12(8-6-11)13(18)16-15/h5-8H,9-10,15H2,1-4H3,(H,16,18). The average molecular weight is 265 g/mol. The van der Waals surface area contributed by atoms with E-state index in [2.05, 4.69) is 24.2 Å². The molecule has 0 radical (unpaired) electrons. The summed E-state index contributed by atoms with van der Waals surface area (Å²) < 4.78 is 5.71. The van der Waals surface area contributed by atoms with Gasteiger partial charge in [-0.25, -0.2) is 5.84 Å². The molecular weight excluding hydrogens is 242 g/mol.